The van der Waals surface area contributed by atoms with E-state index in [4.69, 9.17) is 4.74 Å². The number of alkyl halides is 6. The summed E-state index contributed by atoms with van der Waals surface area (Å²) in [5.74, 6) is -0.298. The zero-order chi connectivity index (χ0) is 15.0. The van der Waals surface area contributed by atoms with Gasteiger partial charge in [-0.2, -0.15) is 26.3 Å². The minimum absolute atomic E-state index is 0.290. The molecule has 1 heterocycles. The zero-order valence-corrected chi connectivity index (χ0v) is 10.4. The van der Waals surface area contributed by atoms with Gasteiger partial charge in [0.1, 0.15) is 5.75 Å². The summed E-state index contributed by atoms with van der Waals surface area (Å²) >= 11 is 1.12. The largest absolute Gasteiger partial charge is 0.447 e. The lowest BCUT2D eigenvalue weighted by atomic mass is 10.1. The van der Waals surface area contributed by atoms with E-state index in [1.54, 1.807) is 11.4 Å². The Labute approximate surface area is 113 Å². The summed E-state index contributed by atoms with van der Waals surface area (Å²) in [5.41, 5.74) is -3.50. The summed E-state index contributed by atoms with van der Waals surface area (Å²) in [4.78, 5) is 0. The molecule has 0 aliphatic heterocycles. The highest BCUT2D eigenvalue weighted by Gasteiger charge is 2.43. The Bertz CT molecular complexity index is 585. The van der Waals surface area contributed by atoms with Gasteiger partial charge in [-0.1, -0.05) is 0 Å². The fourth-order valence-corrected chi connectivity index (χ4v) is 2.10. The molecule has 1 nitrogen and oxygen atoms in total. The standard InChI is InChI=1S/C12H6F6OS/c13-11(14,15)8-4-3-7(6-9(8)12(16,17)18)19-10-2-1-5-20-10/h1-6H. The van der Waals surface area contributed by atoms with E-state index in [0.717, 1.165) is 17.4 Å². The summed E-state index contributed by atoms with van der Waals surface area (Å²) in [6, 6.07) is 4.68. The molecule has 0 aliphatic rings. The second-order valence-electron chi connectivity index (χ2n) is 3.74. The van der Waals surface area contributed by atoms with Gasteiger partial charge in [-0.05, 0) is 35.7 Å². The van der Waals surface area contributed by atoms with Crippen LogP contribution in [0.15, 0.2) is 35.7 Å². The van der Waals surface area contributed by atoms with Gasteiger partial charge in [0.15, 0.2) is 5.06 Å². The third-order valence-corrected chi connectivity index (χ3v) is 3.06. The number of benzene rings is 1. The van der Waals surface area contributed by atoms with E-state index in [9.17, 15) is 26.3 Å². The van der Waals surface area contributed by atoms with Gasteiger partial charge in [0, 0.05) is 0 Å². The fraction of sp³-hybridized carbons (Fsp3) is 0.167. The summed E-state index contributed by atoms with van der Waals surface area (Å²) in [6.45, 7) is 0. The van der Waals surface area contributed by atoms with Gasteiger partial charge in [0.2, 0.25) is 0 Å². The number of hydrogen-bond donors (Lipinski definition) is 0. The van der Waals surface area contributed by atoms with Crippen molar-refractivity contribution in [1.82, 2.24) is 0 Å². The SMILES string of the molecule is FC(F)(F)c1ccc(Oc2cccs2)cc1C(F)(F)F. The lowest BCUT2D eigenvalue weighted by Gasteiger charge is -2.16. The molecule has 1 aromatic carbocycles. The quantitative estimate of drug-likeness (QED) is 0.658. The highest BCUT2D eigenvalue weighted by molar-refractivity contribution is 7.11. The second kappa shape index (κ2) is 5.01. The van der Waals surface area contributed by atoms with Crippen LogP contribution in [0.2, 0.25) is 0 Å². The number of thiophene rings is 1. The van der Waals surface area contributed by atoms with Crippen molar-refractivity contribution >= 4 is 11.3 Å². The molecule has 0 radical (unpaired) electrons. The number of ether oxygens (including phenoxy) is 1. The van der Waals surface area contributed by atoms with Crippen LogP contribution in [0.25, 0.3) is 0 Å². The number of rotatable bonds is 2. The summed E-state index contributed by atoms with van der Waals surface area (Å²) in [6.07, 6.45) is -10.2. The predicted molar refractivity (Wildman–Crippen MR) is 60.8 cm³/mol. The molecule has 0 saturated heterocycles. The van der Waals surface area contributed by atoms with Gasteiger partial charge < -0.3 is 4.74 Å². The number of hydrogen-bond acceptors (Lipinski definition) is 2. The molecule has 108 valence electrons. The molecule has 2 aromatic rings. The highest BCUT2D eigenvalue weighted by Crippen LogP contribution is 2.42. The summed E-state index contributed by atoms with van der Waals surface area (Å²) in [5, 5.41) is 1.92. The Kier molecular flexibility index (Phi) is 3.68. The van der Waals surface area contributed by atoms with Gasteiger partial charge in [0.25, 0.3) is 0 Å². The monoisotopic (exact) mass is 312 g/mol. The maximum absolute atomic E-state index is 12.7. The lowest BCUT2D eigenvalue weighted by molar-refractivity contribution is -0.162. The topological polar surface area (TPSA) is 9.23 Å². The van der Waals surface area contributed by atoms with Crippen molar-refractivity contribution in [3.8, 4) is 10.8 Å². The first-order valence-corrected chi connectivity index (χ1v) is 6.05. The van der Waals surface area contributed by atoms with Crippen LogP contribution >= 0.6 is 11.3 Å². The Balaban J connectivity index is 2.44. The molecular weight excluding hydrogens is 306 g/mol. The predicted octanol–water partition coefficient (Wildman–Crippen LogP) is 5.58. The number of halogens is 6. The van der Waals surface area contributed by atoms with Crippen LogP contribution in [0, 0.1) is 0 Å². The minimum Gasteiger partial charge on any atom is -0.447 e. The molecule has 0 fully saturated rings. The maximum Gasteiger partial charge on any atom is 0.417 e. The molecule has 0 spiro atoms. The molecule has 2 rings (SSSR count). The average molecular weight is 312 g/mol. The van der Waals surface area contributed by atoms with Gasteiger partial charge in [-0.15, -0.1) is 11.3 Å². The van der Waals surface area contributed by atoms with E-state index in [1.807, 2.05) is 0 Å². The van der Waals surface area contributed by atoms with Gasteiger partial charge in [-0.25, -0.2) is 0 Å². The molecule has 0 N–H and O–H groups in total. The Morgan fingerprint density at radius 3 is 2.00 bits per heavy atom. The van der Waals surface area contributed by atoms with E-state index < -0.39 is 23.5 Å². The van der Waals surface area contributed by atoms with Gasteiger partial charge >= 0.3 is 12.4 Å². The van der Waals surface area contributed by atoms with Crippen LogP contribution in [0.1, 0.15) is 11.1 Å². The molecule has 0 unspecified atom stereocenters. The van der Waals surface area contributed by atoms with Crippen molar-refractivity contribution in [1.29, 1.82) is 0 Å². The van der Waals surface area contributed by atoms with Crippen LogP contribution in [0.4, 0.5) is 26.3 Å². The van der Waals surface area contributed by atoms with Gasteiger partial charge in [-0.3, -0.25) is 0 Å². The molecule has 0 aliphatic carbocycles. The zero-order valence-electron chi connectivity index (χ0n) is 9.55. The van der Waals surface area contributed by atoms with E-state index in [0.29, 0.717) is 12.1 Å². The molecular formula is C12H6F6OS. The van der Waals surface area contributed by atoms with Crippen molar-refractivity contribution in [2.75, 3.05) is 0 Å². The molecule has 1 aromatic heterocycles. The Hall–Kier alpha value is -1.70. The Morgan fingerprint density at radius 1 is 0.850 bits per heavy atom. The smallest absolute Gasteiger partial charge is 0.417 e. The fourth-order valence-electron chi connectivity index (χ4n) is 1.51. The van der Waals surface area contributed by atoms with Crippen molar-refractivity contribution in [3.63, 3.8) is 0 Å². The summed E-state index contributed by atoms with van der Waals surface area (Å²) in [7, 11) is 0. The first-order valence-electron chi connectivity index (χ1n) is 5.18. The molecule has 0 saturated carbocycles. The third kappa shape index (κ3) is 3.24. The van der Waals surface area contributed by atoms with Crippen molar-refractivity contribution < 1.29 is 31.1 Å². The van der Waals surface area contributed by atoms with Crippen LogP contribution in [0.5, 0.6) is 10.8 Å². The second-order valence-corrected chi connectivity index (χ2v) is 4.65. The first-order chi connectivity index (χ1) is 9.18. The minimum atomic E-state index is -5.11. The average Bonchev–Trinajstić information content (AvgIpc) is 2.79. The van der Waals surface area contributed by atoms with Gasteiger partial charge in [0.05, 0.1) is 11.1 Å². The van der Waals surface area contributed by atoms with Crippen LogP contribution in [-0.4, -0.2) is 0 Å². The van der Waals surface area contributed by atoms with E-state index >= 15 is 0 Å². The van der Waals surface area contributed by atoms with Crippen LogP contribution in [-0.2, 0) is 12.4 Å². The van der Waals surface area contributed by atoms with Crippen LogP contribution < -0.4 is 4.74 Å². The molecule has 8 heteroatoms. The van der Waals surface area contributed by atoms with E-state index in [2.05, 4.69) is 0 Å². The third-order valence-electron chi connectivity index (χ3n) is 2.32. The normalized spacial score (nSPS) is 12.5. The first kappa shape index (κ1) is 14.7. The highest BCUT2D eigenvalue weighted by atomic mass is 32.1. The Morgan fingerprint density at radius 2 is 1.50 bits per heavy atom. The van der Waals surface area contributed by atoms with E-state index in [-0.39, 0.29) is 10.8 Å². The van der Waals surface area contributed by atoms with Crippen molar-refractivity contribution in [2.45, 2.75) is 12.4 Å². The molecule has 20 heavy (non-hydrogen) atoms. The molecule has 0 bridgehead atoms. The van der Waals surface area contributed by atoms with Crippen molar-refractivity contribution in [3.05, 3.63) is 46.8 Å². The molecule has 0 amide bonds. The molecule has 0 atom stereocenters. The summed E-state index contributed by atoms with van der Waals surface area (Å²) < 4.78 is 80.8. The lowest BCUT2D eigenvalue weighted by Crippen LogP contribution is -2.16. The maximum atomic E-state index is 12.7. The van der Waals surface area contributed by atoms with Crippen LogP contribution in [0.3, 0.4) is 0 Å². The van der Waals surface area contributed by atoms with E-state index in [1.165, 1.54) is 6.07 Å². The van der Waals surface area contributed by atoms with Crippen molar-refractivity contribution in [2.24, 2.45) is 0 Å².